The van der Waals surface area contributed by atoms with E-state index < -0.39 is 0 Å². The Bertz CT molecular complexity index is 3130. The molecule has 1 atom stereocenters. The Morgan fingerprint density at radius 2 is 0.964 bits per heavy atom. The molecule has 0 spiro atoms. The van der Waals surface area contributed by atoms with Crippen LogP contribution in [0.15, 0.2) is 200 Å². The van der Waals surface area contributed by atoms with Crippen LogP contribution in [0, 0.1) is 0 Å². The van der Waals surface area contributed by atoms with Crippen LogP contribution in [-0.4, -0.2) is 9.97 Å². The summed E-state index contributed by atoms with van der Waals surface area (Å²) in [6.45, 7) is 2.36. The number of nitrogens with zero attached hydrogens (tertiary/aromatic N) is 2. The van der Waals surface area contributed by atoms with Crippen molar-refractivity contribution in [2.24, 2.45) is 0 Å². The number of hydrogen-bond donors (Lipinski definition) is 0. The molecule has 1 heterocycles. The molecule has 1 aromatic heterocycles. The van der Waals surface area contributed by atoms with Gasteiger partial charge in [0.1, 0.15) is 0 Å². The molecular weight excluding hydrogens is 677 g/mol. The van der Waals surface area contributed by atoms with Crippen LogP contribution in [-0.2, 0) is 5.41 Å². The molecule has 0 fully saturated rings. The Morgan fingerprint density at radius 3 is 1.77 bits per heavy atom. The Hall–Kier alpha value is -7.16. The second kappa shape index (κ2) is 12.7. The average Bonchev–Trinajstić information content (AvgIpc) is 3.54. The minimum absolute atomic E-state index is 0.296. The first-order valence-electron chi connectivity index (χ1n) is 19.3. The first-order chi connectivity index (χ1) is 27.6. The van der Waals surface area contributed by atoms with E-state index in [1.165, 1.54) is 71.3 Å². The predicted molar refractivity (Wildman–Crippen MR) is 234 cm³/mol. The van der Waals surface area contributed by atoms with Gasteiger partial charge in [-0.25, -0.2) is 9.97 Å². The summed E-state index contributed by atoms with van der Waals surface area (Å²) in [5.41, 5.74) is 13.5. The molecule has 262 valence electrons. The van der Waals surface area contributed by atoms with Gasteiger partial charge in [0.2, 0.25) is 0 Å². The first-order valence-corrected chi connectivity index (χ1v) is 19.3. The molecule has 1 aliphatic rings. The molecule has 56 heavy (non-hydrogen) atoms. The molecule has 0 saturated carbocycles. The topological polar surface area (TPSA) is 25.8 Å². The van der Waals surface area contributed by atoms with Gasteiger partial charge in [-0.2, -0.15) is 0 Å². The van der Waals surface area contributed by atoms with E-state index in [1.807, 2.05) is 6.07 Å². The number of fused-ring (bicyclic) bond motifs is 7. The zero-order chi connectivity index (χ0) is 37.2. The minimum Gasteiger partial charge on any atom is -0.228 e. The zero-order valence-corrected chi connectivity index (χ0v) is 30.9. The molecule has 10 aromatic rings. The summed E-state index contributed by atoms with van der Waals surface area (Å²) in [4.78, 5) is 10.4. The van der Waals surface area contributed by atoms with Crippen molar-refractivity contribution in [3.05, 3.63) is 217 Å². The second-order valence-electron chi connectivity index (χ2n) is 15.1. The summed E-state index contributed by atoms with van der Waals surface area (Å²) in [6.07, 6.45) is 0. The molecule has 0 saturated heterocycles. The van der Waals surface area contributed by atoms with Crippen molar-refractivity contribution in [1.29, 1.82) is 0 Å². The zero-order valence-electron chi connectivity index (χ0n) is 30.9. The van der Waals surface area contributed by atoms with E-state index in [0.29, 0.717) is 5.82 Å². The monoisotopic (exact) mass is 712 g/mol. The summed E-state index contributed by atoms with van der Waals surface area (Å²) in [5, 5.41) is 7.55. The van der Waals surface area contributed by atoms with E-state index in [-0.39, 0.29) is 5.41 Å². The van der Waals surface area contributed by atoms with E-state index in [1.54, 1.807) is 0 Å². The highest BCUT2D eigenvalue weighted by atomic mass is 14.9. The van der Waals surface area contributed by atoms with Crippen LogP contribution in [0.3, 0.4) is 0 Å². The van der Waals surface area contributed by atoms with Crippen molar-refractivity contribution >= 4 is 32.3 Å². The van der Waals surface area contributed by atoms with Crippen molar-refractivity contribution in [2.75, 3.05) is 0 Å². The third kappa shape index (κ3) is 5.03. The summed E-state index contributed by atoms with van der Waals surface area (Å²) >= 11 is 0. The van der Waals surface area contributed by atoms with Crippen LogP contribution in [0.2, 0.25) is 0 Å². The number of hydrogen-bond acceptors (Lipinski definition) is 2. The molecule has 1 aliphatic carbocycles. The molecule has 9 aromatic carbocycles. The fourth-order valence-electron chi connectivity index (χ4n) is 9.13. The number of aromatic nitrogens is 2. The molecule has 1 unspecified atom stereocenters. The Kier molecular flexibility index (Phi) is 7.33. The lowest BCUT2D eigenvalue weighted by Crippen LogP contribution is -2.22. The van der Waals surface area contributed by atoms with Gasteiger partial charge in [0, 0.05) is 22.1 Å². The Labute approximate surface area is 326 Å². The standard InChI is InChI=1S/C54H36N2/c1-54(41-18-6-3-7-19-41)48-23-13-12-22-44(48)45-30-29-40(33-49(45)54)51-34-50(55-53(56-51)38-15-4-2-5-16-38)36-24-26-37(27-25-36)52-43-21-11-9-17-39(43)32-47-42-20-10-8-14-35(42)28-31-46(47)52/h2-34H,1H3. The van der Waals surface area contributed by atoms with Crippen LogP contribution < -0.4 is 0 Å². The largest absolute Gasteiger partial charge is 0.228 e. The van der Waals surface area contributed by atoms with E-state index in [0.717, 1.165) is 28.1 Å². The van der Waals surface area contributed by atoms with E-state index in [2.05, 4.69) is 201 Å². The van der Waals surface area contributed by atoms with E-state index >= 15 is 0 Å². The van der Waals surface area contributed by atoms with Crippen molar-refractivity contribution in [1.82, 2.24) is 9.97 Å². The second-order valence-corrected chi connectivity index (χ2v) is 15.1. The van der Waals surface area contributed by atoms with Crippen LogP contribution in [0.4, 0.5) is 0 Å². The summed E-state index contributed by atoms with van der Waals surface area (Å²) < 4.78 is 0. The van der Waals surface area contributed by atoms with Crippen LogP contribution in [0.25, 0.3) is 88.5 Å². The molecule has 0 aliphatic heterocycles. The smallest absolute Gasteiger partial charge is 0.160 e. The lowest BCUT2D eigenvalue weighted by atomic mass is 9.74. The lowest BCUT2D eigenvalue weighted by Gasteiger charge is -2.28. The quantitative estimate of drug-likeness (QED) is 0.131. The lowest BCUT2D eigenvalue weighted by molar-refractivity contribution is 0.714. The molecule has 2 nitrogen and oxygen atoms in total. The number of benzene rings is 9. The molecule has 0 bridgehead atoms. The molecule has 0 N–H and O–H groups in total. The van der Waals surface area contributed by atoms with E-state index in [9.17, 15) is 0 Å². The van der Waals surface area contributed by atoms with Crippen LogP contribution >= 0.6 is 0 Å². The highest BCUT2D eigenvalue weighted by Crippen LogP contribution is 2.53. The van der Waals surface area contributed by atoms with Gasteiger partial charge in [-0.15, -0.1) is 0 Å². The van der Waals surface area contributed by atoms with Crippen LogP contribution in [0.5, 0.6) is 0 Å². The average molecular weight is 713 g/mol. The molecule has 0 radical (unpaired) electrons. The minimum atomic E-state index is -0.296. The molecule has 0 amide bonds. The molecular formula is C54H36N2. The van der Waals surface area contributed by atoms with Gasteiger partial charge in [-0.1, -0.05) is 182 Å². The van der Waals surface area contributed by atoms with Gasteiger partial charge in [-0.05, 0) is 96.4 Å². The van der Waals surface area contributed by atoms with Crippen molar-refractivity contribution in [3.8, 4) is 56.2 Å². The number of rotatable bonds is 5. The van der Waals surface area contributed by atoms with Crippen molar-refractivity contribution < 1.29 is 0 Å². The van der Waals surface area contributed by atoms with Crippen molar-refractivity contribution in [2.45, 2.75) is 12.3 Å². The maximum atomic E-state index is 5.24. The third-order valence-electron chi connectivity index (χ3n) is 12.0. The first kappa shape index (κ1) is 32.3. The van der Waals surface area contributed by atoms with Gasteiger partial charge < -0.3 is 0 Å². The van der Waals surface area contributed by atoms with Gasteiger partial charge in [-0.3, -0.25) is 0 Å². The molecule has 2 heteroatoms. The van der Waals surface area contributed by atoms with Gasteiger partial charge in [0.25, 0.3) is 0 Å². The normalized spacial score (nSPS) is 14.6. The van der Waals surface area contributed by atoms with Crippen LogP contribution in [0.1, 0.15) is 23.6 Å². The fraction of sp³-hybridized carbons (Fsp3) is 0.0370. The van der Waals surface area contributed by atoms with Crippen molar-refractivity contribution in [3.63, 3.8) is 0 Å². The predicted octanol–water partition coefficient (Wildman–Crippen LogP) is 13.9. The summed E-state index contributed by atoms with van der Waals surface area (Å²) in [7, 11) is 0. The maximum absolute atomic E-state index is 5.24. The SMILES string of the molecule is CC1(c2ccccc2)c2ccccc2-c2ccc(-c3cc(-c4ccc(-c5c6ccccc6cc6c5ccc5ccccc56)cc4)nc(-c4ccccc4)n3)cc21. The third-order valence-corrected chi connectivity index (χ3v) is 12.0. The summed E-state index contributed by atoms with van der Waals surface area (Å²) in [6, 6.07) is 72.3. The van der Waals surface area contributed by atoms with E-state index in [4.69, 9.17) is 9.97 Å². The summed E-state index contributed by atoms with van der Waals surface area (Å²) in [5.74, 6) is 0.712. The Balaban J connectivity index is 1.06. The van der Waals surface area contributed by atoms with Gasteiger partial charge in [0.05, 0.1) is 11.4 Å². The maximum Gasteiger partial charge on any atom is 0.160 e. The highest BCUT2D eigenvalue weighted by Gasteiger charge is 2.40. The molecule has 11 rings (SSSR count). The Morgan fingerprint density at radius 1 is 0.357 bits per heavy atom. The highest BCUT2D eigenvalue weighted by molar-refractivity contribution is 6.20. The van der Waals surface area contributed by atoms with Gasteiger partial charge in [0.15, 0.2) is 5.82 Å². The van der Waals surface area contributed by atoms with Gasteiger partial charge >= 0.3 is 0 Å². The fourth-order valence-corrected chi connectivity index (χ4v) is 9.13.